The second-order valence-electron chi connectivity index (χ2n) is 5.02. The number of aromatic nitrogens is 4. The maximum atomic E-state index is 11.7. The van der Waals surface area contributed by atoms with Crippen LogP contribution in [0.1, 0.15) is 31.6 Å². The number of halogens is 1. The lowest BCUT2D eigenvalue weighted by atomic mass is 10.2. The Balaban J connectivity index is 1.71. The van der Waals surface area contributed by atoms with Gasteiger partial charge in [0, 0.05) is 5.02 Å². The van der Waals surface area contributed by atoms with Gasteiger partial charge in [-0.2, -0.15) is 0 Å². The predicted octanol–water partition coefficient (Wildman–Crippen LogP) is 1.67. The Morgan fingerprint density at radius 2 is 2.36 bits per heavy atom. The number of nitrogens with one attached hydrogen (secondary N) is 1. The molecule has 1 aromatic heterocycles. The van der Waals surface area contributed by atoms with Gasteiger partial charge in [-0.25, -0.2) is 0 Å². The Labute approximate surface area is 132 Å². The van der Waals surface area contributed by atoms with Crippen LogP contribution in [-0.4, -0.2) is 38.8 Å². The van der Waals surface area contributed by atoms with Gasteiger partial charge in [-0.1, -0.05) is 17.7 Å². The largest absolute Gasteiger partial charge is 0.465 e. The van der Waals surface area contributed by atoms with Crippen molar-refractivity contribution in [3.63, 3.8) is 0 Å². The summed E-state index contributed by atoms with van der Waals surface area (Å²) in [4.78, 5) is 13.2. The summed E-state index contributed by atoms with van der Waals surface area (Å²) in [6, 6.07) is 6.82. The average molecular weight is 322 g/mol. The molecule has 2 heterocycles. The Kier molecular flexibility index (Phi) is 4.35. The SMILES string of the molecule is CCOC(=O)[C@@H]1CC[C@H](c2nnn(-c3cccc(Cl)c3)n2)N1. The Hall–Kier alpha value is -1.99. The van der Waals surface area contributed by atoms with E-state index in [1.807, 2.05) is 12.1 Å². The van der Waals surface area contributed by atoms with Gasteiger partial charge in [-0.15, -0.1) is 15.0 Å². The topological polar surface area (TPSA) is 81.9 Å². The Morgan fingerprint density at radius 1 is 1.50 bits per heavy atom. The van der Waals surface area contributed by atoms with E-state index in [4.69, 9.17) is 16.3 Å². The average Bonchev–Trinajstić information content (AvgIpc) is 3.17. The van der Waals surface area contributed by atoms with Gasteiger partial charge in [0.25, 0.3) is 0 Å². The molecule has 0 radical (unpaired) electrons. The maximum absolute atomic E-state index is 11.7. The van der Waals surface area contributed by atoms with E-state index in [0.29, 0.717) is 23.9 Å². The third-order valence-corrected chi connectivity index (χ3v) is 3.73. The zero-order valence-corrected chi connectivity index (χ0v) is 12.8. The lowest BCUT2D eigenvalue weighted by Gasteiger charge is -2.10. The van der Waals surface area contributed by atoms with Crippen LogP contribution in [0.2, 0.25) is 5.02 Å². The summed E-state index contributed by atoms with van der Waals surface area (Å²) < 4.78 is 5.02. The number of hydrogen-bond donors (Lipinski definition) is 1. The van der Waals surface area contributed by atoms with Gasteiger partial charge < -0.3 is 4.74 Å². The fourth-order valence-electron chi connectivity index (χ4n) is 2.45. The summed E-state index contributed by atoms with van der Waals surface area (Å²) in [5.74, 6) is 0.332. The van der Waals surface area contributed by atoms with Crippen LogP contribution in [0.15, 0.2) is 24.3 Å². The van der Waals surface area contributed by atoms with E-state index in [2.05, 4.69) is 20.7 Å². The molecule has 0 unspecified atom stereocenters. The van der Waals surface area contributed by atoms with Gasteiger partial charge >= 0.3 is 5.97 Å². The number of benzene rings is 1. The molecule has 1 aliphatic heterocycles. The highest BCUT2D eigenvalue weighted by molar-refractivity contribution is 6.30. The fourth-order valence-corrected chi connectivity index (χ4v) is 2.63. The van der Waals surface area contributed by atoms with Gasteiger partial charge in [-0.05, 0) is 43.2 Å². The van der Waals surface area contributed by atoms with E-state index in [1.165, 1.54) is 4.80 Å². The van der Waals surface area contributed by atoms with E-state index < -0.39 is 0 Å². The molecule has 0 saturated carbocycles. The molecule has 1 saturated heterocycles. The van der Waals surface area contributed by atoms with Gasteiger partial charge in [-0.3, -0.25) is 10.1 Å². The summed E-state index contributed by atoms with van der Waals surface area (Å²) in [5, 5.41) is 16.3. The summed E-state index contributed by atoms with van der Waals surface area (Å²) in [6.07, 6.45) is 1.47. The minimum absolute atomic E-state index is 0.0951. The first-order valence-electron chi connectivity index (χ1n) is 7.16. The molecular formula is C14H16ClN5O2. The molecule has 8 heteroatoms. The highest BCUT2D eigenvalue weighted by Gasteiger charge is 2.33. The molecule has 116 valence electrons. The van der Waals surface area contributed by atoms with Crippen LogP contribution in [0.4, 0.5) is 0 Å². The Bertz CT molecular complexity index is 675. The Morgan fingerprint density at radius 3 is 3.14 bits per heavy atom. The lowest BCUT2D eigenvalue weighted by Crippen LogP contribution is -2.34. The van der Waals surface area contributed by atoms with Crippen LogP contribution in [0, 0.1) is 0 Å². The molecule has 0 amide bonds. The predicted molar refractivity (Wildman–Crippen MR) is 79.7 cm³/mol. The van der Waals surface area contributed by atoms with E-state index in [1.54, 1.807) is 19.1 Å². The monoisotopic (exact) mass is 321 g/mol. The molecule has 0 bridgehead atoms. The van der Waals surface area contributed by atoms with Crippen LogP contribution in [0.3, 0.4) is 0 Å². The van der Waals surface area contributed by atoms with Crippen molar-refractivity contribution in [3.8, 4) is 5.69 Å². The van der Waals surface area contributed by atoms with E-state index in [9.17, 15) is 4.79 Å². The highest BCUT2D eigenvalue weighted by Crippen LogP contribution is 2.24. The number of hydrogen-bond acceptors (Lipinski definition) is 6. The maximum Gasteiger partial charge on any atom is 0.323 e. The van der Waals surface area contributed by atoms with Crippen molar-refractivity contribution in [2.24, 2.45) is 0 Å². The molecule has 7 nitrogen and oxygen atoms in total. The summed E-state index contributed by atoms with van der Waals surface area (Å²) >= 11 is 5.96. The van der Waals surface area contributed by atoms with E-state index >= 15 is 0 Å². The van der Waals surface area contributed by atoms with Crippen LogP contribution in [-0.2, 0) is 9.53 Å². The number of rotatable bonds is 4. The first kappa shape index (κ1) is 14.9. The number of carbonyl (C=O) groups excluding carboxylic acids is 1. The van der Waals surface area contributed by atoms with Crippen molar-refractivity contribution in [3.05, 3.63) is 35.1 Å². The molecule has 2 atom stereocenters. The molecule has 1 N–H and O–H groups in total. The van der Waals surface area contributed by atoms with Crippen molar-refractivity contribution in [2.45, 2.75) is 31.8 Å². The molecule has 0 spiro atoms. The molecule has 1 fully saturated rings. The molecule has 22 heavy (non-hydrogen) atoms. The normalized spacial score (nSPS) is 21.0. The van der Waals surface area contributed by atoms with Gasteiger partial charge in [0.2, 0.25) is 0 Å². The second-order valence-corrected chi connectivity index (χ2v) is 5.45. The van der Waals surface area contributed by atoms with Crippen molar-refractivity contribution in [1.29, 1.82) is 0 Å². The number of carbonyl (C=O) groups is 1. The molecular weight excluding hydrogens is 306 g/mol. The van der Waals surface area contributed by atoms with Crippen molar-refractivity contribution >= 4 is 17.6 Å². The second kappa shape index (κ2) is 6.41. The van der Waals surface area contributed by atoms with E-state index in [0.717, 1.165) is 12.1 Å². The van der Waals surface area contributed by atoms with Crippen molar-refractivity contribution in [1.82, 2.24) is 25.5 Å². The first-order chi connectivity index (χ1) is 10.7. The molecule has 0 aliphatic carbocycles. The van der Waals surface area contributed by atoms with Gasteiger partial charge in [0.05, 0.1) is 18.3 Å². The summed E-state index contributed by atoms with van der Waals surface area (Å²) in [7, 11) is 0. The molecule has 1 aliphatic rings. The minimum Gasteiger partial charge on any atom is -0.465 e. The van der Waals surface area contributed by atoms with Crippen molar-refractivity contribution < 1.29 is 9.53 Å². The summed E-state index contributed by atoms with van der Waals surface area (Å²) in [5.41, 5.74) is 0.742. The van der Waals surface area contributed by atoms with E-state index in [-0.39, 0.29) is 18.1 Å². The minimum atomic E-state index is -0.303. The smallest absolute Gasteiger partial charge is 0.323 e. The zero-order chi connectivity index (χ0) is 15.5. The standard InChI is InChI=1S/C14H16ClN5O2/c1-2-22-14(21)12-7-6-11(16-12)13-17-19-20(18-13)10-5-3-4-9(15)8-10/h3-5,8,11-12,16H,2,6-7H2,1H3/t11-,12+/m1/s1. The quantitative estimate of drug-likeness (QED) is 0.863. The summed E-state index contributed by atoms with van der Waals surface area (Å²) in [6.45, 7) is 2.17. The van der Waals surface area contributed by atoms with Crippen LogP contribution >= 0.6 is 11.6 Å². The number of esters is 1. The lowest BCUT2D eigenvalue weighted by molar-refractivity contribution is -0.145. The highest BCUT2D eigenvalue weighted by atomic mass is 35.5. The molecule has 2 aromatic rings. The first-order valence-corrected chi connectivity index (χ1v) is 7.53. The third kappa shape index (κ3) is 3.10. The zero-order valence-electron chi connectivity index (χ0n) is 12.1. The molecule has 1 aromatic carbocycles. The number of ether oxygens (including phenoxy) is 1. The number of nitrogens with zero attached hydrogens (tertiary/aromatic N) is 4. The number of tetrazole rings is 1. The fraction of sp³-hybridized carbons (Fsp3) is 0.429. The molecule has 3 rings (SSSR count). The van der Waals surface area contributed by atoms with Crippen LogP contribution < -0.4 is 5.32 Å². The third-order valence-electron chi connectivity index (χ3n) is 3.50. The van der Waals surface area contributed by atoms with Crippen molar-refractivity contribution in [2.75, 3.05) is 6.61 Å². The van der Waals surface area contributed by atoms with Crippen LogP contribution in [0.5, 0.6) is 0 Å². The van der Waals surface area contributed by atoms with Gasteiger partial charge in [0.15, 0.2) is 5.82 Å². The van der Waals surface area contributed by atoms with Gasteiger partial charge in [0.1, 0.15) is 6.04 Å². The van der Waals surface area contributed by atoms with Crippen LogP contribution in [0.25, 0.3) is 5.69 Å².